The predicted octanol–water partition coefficient (Wildman–Crippen LogP) is 3.49. The van der Waals surface area contributed by atoms with E-state index in [1.165, 1.54) is 6.26 Å². The molecule has 1 amide bonds. The van der Waals surface area contributed by atoms with Crippen molar-refractivity contribution in [2.75, 3.05) is 20.8 Å². The van der Waals surface area contributed by atoms with Crippen LogP contribution in [0.2, 0.25) is 0 Å². The SMILES string of the molecule is COc1cccc(CN(Cc2nc(C(=O)NCC(C)C)co2)C(C)C)c1OC. The summed E-state index contributed by atoms with van der Waals surface area (Å²) < 4.78 is 16.5. The summed E-state index contributed by atoms with van der Waals surface area (Å²) in [6.07, 6.45) is 1.41. The highest BCUT2D eigenvalue weighted by Gasteiger charge is 2.19. The summed E-state index contributed by atoms with van der Waals surface area (Å²) in [6, 6.07) is 6.06. The van der Waals surface area contributed by atoms with Crippen molar-refractivity contribution in [1.82, 2.24) is 15.2 Å². The molecule has 2 aromatic rings. The largest absolute Gasteiger partial charge is 0.493 e. The zero-order valence-electron chi connectivity index (χ0n) is 17.6. The molecule has 0 spiro atoms. The van der Waals surface area contributed by atoms with Crippen molar-refractivity contribution in [1.29, 1.82) is 0 Å². The number of para-hydroxylation sites is 1. The predicted molar refractivity (Wildman–Crippen MR) is 108 cm³/mol. The molecule has 28 heavy (non-hydrogen) atoms. The number of rotatable bonds is 10. The summed E-state index contributed by atoms with van der Waals surface area (Å²) in [5.41, 5.74) is 1.32. The highest BCUT2D eigenvalue weighted by atomic mass is 16.5. The third-order valence-electron chi connectivity index (χ3n) is 4.38. The number of amides is 1. The fourth-order valence-electron chi connectivity index (χ4n) is 2.77. The lowest BCUT2D eigenvalue weighted by atomic mass is 10.1. The molecular weight excluding hydrogens is 358 g/mol. The minimum Gasteiger partial charge on any atom is -0.493 e. The highest BCUT2D eigenvalue weighted by Crippen LogP contribution is 2.32. The number of nitrogens with zero attached hydrogens (tertiary/aromatic N) is 2. The van der Waals surface area contributed by atoms with Crippen LogP contribution >= 0.6 is 0 Å². The summed E-state index contributed by atoms with van der Waals surface area (Å²) in [4.78, 5) is 18.7. The summed E-state index contributed by atoms with van der Waals surface area (Å²) in [7, 11) is 3.26. The van der Waals surface area contributed by atoms with E-state index in [9.17, 15) is 4.79 Å². The van der Waals surface area contributed by atoms with Gasteiger partial charge in [-0.05, 0) is 25.8 Å². The van der Waals surface area contributed by atoms with E-state index >= 15 is 0 Å². The van der Waals surface area contributed by atoms with E-state index in [2.05, 4.69) is 29.0 Å². The molecule has 1 heterocycles. The molecule has 1 N–H and O–H groups in total. The van der Waals surface area contributed by atoms with Crippen molar-refractivity contribution in [3.05, 3.63) is 41.6 Å². The molecule has 0 saturated carbocycles. The van der Waals surface area contributed by atoms with Crippen LogP contribution in [0.3, 0.4) is 0 Å². The van der Waals surface area contributed by atoms with Crippen LogP contribution in [0.1, 0.15) is 49.6 Å². The highest BCUT2D eigenvalue weighted by molar-refractivity contribution is 5.91. The van der Waals surface area contributed by atoms with E-state index in [1.54, 1.807) is 14.2 Å². The number of benzene rings is 1. The van der Waals surface area contributed by atoms with Crippen molar-refractivity contribution >= 4 is 5.91 Å². The van der Waals surface area contributed by atoms with Crippen LogP contribution < -0.4 is 14.8 Å². The van der Waals surface area contributed by atoms with Crippen molar-refractivity contribution in [2.24, 2.45) is 5.92 Å². The van der Waals surface area contributed by atoms with E-state index in [4.69, 9.17) is 13.9 Å². The maximum Gasteiger partial charge on any atom is 0.273 e. The molecule has 0 atom stereocenters. The van der Waals surface area contributed by atoms with Gasteiger partial charge in [-0.15, -0.1) is 0 Å². The monoisotopic (exact) mass is 389 g/mol. The van der Waals surface area contributed by atoms with Crippen molar-refractivity contribution < 1.29 is 18.7 Å². The zero-order valence-corrected chi connectivity index (χ0v) is 17.6. The average molecular weight is 389 g/mol. The van der Waals surface area contributed by atoms with Crippen molar-refractivity contribution in [3.63, 3.8) is 0 Å². The topological polar surface area (TPSA) is 76.8 Å². The van der Waals surface area contributed by atoms with Crippen LogP contribution in [0.25, 0.3) is 0 Å². The Morgan fingerprint density at radius 3 is 2.54 bits per heavy atom. The molecule has 7 nitrogen and oxygen atoms in total. The van der Waals surface area contributed by atoms with Crippen LogP contribution in [-0.4, -0.2) is 42.6 Å². The Labute approximate surface area is 167 Å². The third kappa shape index (κ3) is 5.73. The minimum atomic E-state index is -0.214. The molecule has 1 aromatic heterocycles. The Morgan fingerprint density at radius 2 is 1.93 bits per heavy atom. The van der Waals surface area contributed by atoms with E-state index in [0.717, 1.165) is 11.3 Å². The second-order valence-corrected chi connectivity index (χ2v) is 7.38. The van der Waals surface area contributed by atoms with Gasteiger partial charge in [0.1, 0.15) is 6.26 Å². The van der Waals surface area contributed by atoms with Gasteiger partial charge in [-0.1, -0.05) is 26.0 Å². The van der Waals surface area contributed by atoms with E-state index < -0.39 is 0 Å². The first-order valence-corrected chi connectivity index (χ1v) is 9.52. The Balaban J connectivity index is 2.11. The van der Waals surface area contributed by atoms with E-state index in [0.29, 0.717) is 42.9 Å². The van der Waals surface area contributed by atoms with Crippen LogP contribution in [0.5, 0.6) is 11.5 Å². The maximum atomic E-state index is 12.1. The fourth-order valence-corrected chi connectivity index (χ4v) is 2.77. The minimum absolute atomic E-state index is 0.214. The molecule has 7 heteroatoms. The normalized spacial score (nSPS) is 11.3. The number of nitrogens with one attached hydrogen (secondary N) is 1. The lowest BCUT2D eigenvalue weighted by molar-refractivity contribution is 0.0944. The van der Waals surface area contributed by atoms with Gasteiger partial charge in [0, 0.05) is 24.7 Å². The van der Waals surface area contributed by atoms with Crippen LogP contribution in [-0.2, 0) is 13.1 Å². The average Bonchev–Trinajstić information content (AvgIpc) is 3.13. The molecule has 154 valence electrons. The second kappa shape index (κ2) is 10.1. The second-order valence-electron chi connectivity index (χ2n) is 7.38. The molecule has 0 radical (unpaired) electrons. The van der Waals surface area contributed by atoms with Crippen molar-refractivity contribution in [3.8, 4) is 11.5 Å². The first-order valence-electron chi connectivity index (χ1n) is 9.52. The van der Waals surface area contributed by atoms with Gasteiger partial charge in [-0.25, -0.2) is 4.98 Å². The summed E-state index contributed by atoms with van der Waals surface area (Å²) in [5.74, 6) is 2.09. The standard InChI is InChI=1S/C21H31N3O4/c1-14(2)10-22-21(25)17-13-28-19(23-17)12-24(15(3)4)11-16-8-7-9-18(26-5)20(16)27-6/h7-9,13-15H,10-12H2,1-6H3,(H,22,25). The third-order valence-corrected chi connectivity index (χ3v) is 4.38. The summed E-state index contributed by atoms with van der Waals surface area (Å²) >= 11 is 0. The smallest absolute Gasteiger partial charge is 0.273 e. The van der Waals surface area contributed by atoms with Gasteiger partial charge in [0.25, 0.3) is 5.91 Å². The molecule has 1 aromatic carbocycles. The molecule has 0 saturated heterocycles. The van der Waals surface area contributed by atoms with E-state index in [-0.39, 0.29) is 11.9 Å². The molecule has 0 aliphatic heterocycles. The molecular formula is C21H31N3O4. The Hall–Kier alpha value is -2.54. The van der Waals surface area contributed by atoms with Crippen LogP contribution in [0.4, 0.5) is 0 Å². The first kappa shape index (κ1) is 21.8. The van der Waals surface area contributed by atoms with Gasteiger partial charge in [0.2, 0.25) is 5.89 Å². The number of hydrogen-bond acceptors (Lipinski definition) is 6. The van der Waals surface area contributed by atoms with E-state index in [1.807, 2.05) is 32.0 Å². The van der Waals surface area contributed by atoms with Crippen LogP contribution in [0.15, 0.2) is 28.9 Å². The van der Waals surface area contributed by atoms with Crippen molar-refractivity contribution in [2.45, 2.75) is 46.8 Å². The molecule has 0 aliphatic rings. The molecule has 0 aliphatic carbocycles. The Morgan fingerprint density at radius 1 is 1.18 bits per heavy atom. The summed E-state index contributed by atoms with van der Waals surface area (Å²) in [5, 5.41) is 2.85. The number of hydrogen-bond donors (Lipinski definition) is 1. The molecule has 0 unspecified atom stereocenters. The summed E-state index contributed by atoms with van der Waals surface area (Å²) in [6.45, 7) is 10.0. The number of oxazole rings is 1. The number of aromatic nitrogens is 1. The maximum absolute atomic E-state index is 12.1. The number of carbonyl (C=O) groups is 1. The van der Waals surface area contributed by atoms with Crippen LogP contribution in [0, 0.1) is 5.92 Å². The number of ether oxygens (including phenoxy) is 2. The number of methoxy groups -OCH3 is 2. The molecule has 0 fully saturated rings. The zero-order chi connectivity index (χ0) is 20.7. The lowest BCUT2D eigenvalue weighted by Crippen LogP contribution is -2.30. The lowest BCUT2D eigenvalue weighted by Gasteiger charge is -2.26. The fraction of sp³-hybridized carbons (Fsp3) is 0.524. The van der Waals surface area contributed by atoms with Gasteiger partial charge in [-0.2, -0.15) is 0 Å². The van der Waals surface area contributed by atoms with Gasteiger partial charge >= 0.3 is 0 Å². The van der Waals surface area contributed by atoms with Gasteiger partial charge in [0.05, 0.1) is 20.8 Å². The van der Waals surface area contributed by atoms with Gasteiger partial charge in [-0.3, -0.25) is 9.69 Å². The molecule has 2 rings (SSSR count). The van der Waals surface area contributed by atoms with Gasteiger partial charge < -0.3 is 19.2 Å². The molecule has 0 bridgehead atoms. The van der Waals surface area contributed by atoms with Gasteiger partial charge in [0.15, 0.2) is 17.2 Å². The Bertz CT molecular complexity index is 771. The number of carbonyl (C=O) groups excluding carboxylic acids is 1. The quantitative estimate of drug-likeness (QED) is 0.670. The Kier molecular flexibility index (Phi) is 7.87. The first-order chi connectivity index (χ1) is 13.3.